The van der Waals surface area contributed by atoms with Crippen LogP contribution in [0.2, 0.25) is 0 Å². The van der Waals surface area contributed by atoms with E-state index in [0.717, 1.165) is 24.9 Å². The minimum absolute atomic E-state index is 0.116. The highest BCUT2D eigenvalue weighted by Gasteiger charge is 2.27. The van der Waals surface area contributed by atoms with Gasteiger partial charge in [-0.1, -0.05) is 48.5 Å². The summed E-state index contributed by atoms with van der Waals surface area (Å²) >= 11 is 0. The summed E-state index contributed by atoms with van der Waals surface area (Å²) in [6.45, 7) is 2.86. The van der Waals surface area contributed by atoms with Crippen LogP contribution < -0.4 is 10.2 Å². The summed E-state index contributed by atoms with van der Waals surface area (Å²) in [5, 5.41) is 2.97. The molecule has 4 nitrogen and oxygen atoms in total. The summed E-state index contributed by atoms with van der Waals surface area (Å²) in [5.41, 5.74) is 5.37. The molecule has 0 radical (unpaired) electrons. The van der Waals surface area contributed by atoms with Gasteiger partial charge in [0.15, 0.2) is 0 Å². The van der Waals surface area contributed by atoms with Crippen LogP contribution in [-0.4, -0.2) is 23.5 Å². The molecule has 0 saturated heterocycles. The van der Waals surface area contributed by atoms with E-state index in [1.165, 1.54) is 16.8 Å². The lowest BCUT2D eigenvalue weighted by atomic mass is 10.1. The average Bonchev–Trinajstić information content (AvgIpc) is 3.07. The summed E-state index contributed by atoms with van der Waals surface area (Å²) in [5.74, 6) is -0.116. The van der Waals surface area contributed by atoms with Crippen molar-refractivity contribution in [2.45, 2.75) is 32.2 Å². The molecular formula is C24H25N3O. The van der Waals surface area contributed by atoms with Gasteiger partial charge in [0.25, 0.3) is 5.91 Å². The van der Waals surface area contributed by atoms with Gasteiger partial charge in [-0.15, -0.1) is 0 Å². The van der Waals surface area contributed by atoms with Crippen molar-refractivity contribution in [1.82, 2.24) is 10.3 Å². The van der Waals surface area contributed by atoms with E-state index >= 15 is 0 Å². The van der Waals surface area contributed by atoms with Crippen molar-refractivity contribution in [1.29, 1.82) is 0 Å². The third kappa shape index (κ3) is 3.91. The molecule has 2 aromatic carbocycles. The molecule has 0 aliphatic carbocycles. The molecule has 1 unspecified atom stereocenters. The molecular weight excluding hydrogens is 346 g/mol. The molecule has 1 atom stereocenters. The summed E-state index contributed by atoms with van der Waals surface area (Å²) in [7, 11) is 0. The van der Waals surface area contributed by atoms with Crippen molar-refractivity contribution in [3.63, 3.8) is 0 Å². The number of fused-ring (bicyclic) bond motifs is 1. The number of nitrogens with one attached hydrogen (secondary N) is 1. The number of para-hydroxylation sites is 1. The van der Waals surface area contributed by atoms with Gasteiger partial charge in [-0.05, 0) is 55.5 Å². The van der Waals surface area contributed by atoms with Crippen LogP contribution in [0.4, 0.5) is 11.4 Å². The summed E-state index contributed by atoms with van der Waals surface area (Å²) < 4.78 is 0. The van der Waals surface area contributed by atoms with Gasteiger partial charge in [-0.2, -0.15) is 0 Å². The number of benzene rings is 2. The Balaban J connectivity index is 1.35. The third-order valence-corrected chi connectivity index (χ3v) is 5.24. The number of nitrogens with zero attached hydrogens (tertiary/aromatic N) is 2. The predicted molar refractivity (Wildman–Crippen MR) is 113 cm³/mol. The van der Waals surface area contributed by atoms with Crippen LogP contribution in [0.3, 0.4) is 0 Å². The zero-order valence-electron chi connectivity index (χ0n) is 16.1. The number of aryl methyl sites for hydroxylation is 1. The van der Waals surface area contributed by atoms with Gasteiger partial charge in [0.2, 0.25) is 0 Å². The molecule has 0 bridgehead atoms. The molecule has 3 aromatic rings. The minimum Gasteiger partial charge on any atom is -0.351 e. The fourth-order valence-electron chi connectivity index (χ4n) is 3.85. The molecule has 2 heterocycles. The van der Waals surface area contributed by atoms with E-state index in [-0.39, 0.29) is 5.91 Å². The lowest BCUT2D eigenvalue weighted by Gasteiger charge is -2.24. The van der Waals surface area contributed by atoms with Gasteiger partial charge >= 0.3 is 0 Å². The Kier molecular flexibility index (Phi) is 5.38. The largest absolute Gasteiger partial charge is 0.351 e. The Hall–Kier alpha value is -3.14. The van der Waals surface area contributed by atoms with E-state index in [0.29, 0.717) is 18.3 Å². The normalized spacial score (nSPS) is 15.3. The molecule has 0 saturated carbocycles. The molecule has 0 fully saturated rings. The minimum atomic E-state index is -0.116. The predicted octanol–water partition coefficient (Wildman–Crippen LogP) is 4.53. The first-order valence-electron chi connectivity index (χ1n) is 9.87. The third-order valence-electron chi connectivity index (χ3n) is 5.24. The van der Waals surface area contributed by atoms with Crippen molar-refractivity contribution in [2.24, 2.45) is 0 Å². The Morgan fingerprint density at radius 2 is 1.86 bits per heavy atom. The first-order valence-corrected chi connectivity index (χ1v) is 9.87. The maximum absolute atomic E-state index is 12.4. The monoisotopic (exact) mass is 371 g/mol. The zero-order valence-corrected chi connectivity index (χ0v) is 16.1. The van der Waals surface area contributed by atoms with Crippen LogP contribution in [0.25, 0.3) is 0 Å². The highest BCUT2D eigenvalue weighted by atomic mass is 16.1. The number of rotatable bonds is 6. The standard InChI is InChI=1S/C24H25N3O/c1-18-16-20-11-5-6-12-23(20)27(18)21-13-14-22(26-17-21)24(28)25-15-7-10-19-8-3-2-4-9-19/h2-6,8-9,11-14,17-18H,7,10,15-16H2,1H3,(H,25,28). The van der Waals surface area contributed by atoms with Crippen molar-refractivity contribution >= 4 is 17.3 Å². The summed E-state index contributed by atoms with van der Waals surface area (Å²) in [6, 6.07) is 23.0. The average molecular weight is 371 g/mol. The van der Waals surface area contributed by atoms with E-state index in [1.54, 1.807) is 6.20 Å². The second-order valence-corrected chi connectivity index (χ2v) is 7.30. The van der Waals surface area contributed by atoms with Crippen molar-refractivity contribution < 1.29 is 4.79 Å². The molecule has 1 aliphatic rings. The maximum Gasteiger partial charge on any atom is 0.269 e. The SMILES string of the molecule is CC1Cc2ccccc2N1c1ccc(C(=O)NCCCc2ccccc2)nc1. The number of pyridine rings is 1. The Morgan fingerprint density at radius 1 is 1.07 bits per heavy atom. The van der Waals surface area contributed by atoms with Crippen LogP contribution in [0.5, 0.6) is 0 Å². The second-order valence-electron chi connectivity index (χ2n) is 7.30. The fourth-order valence-corrected chi connectivity index (χ4v) is 3.85. The summed E-state index contributed by atoms with van der Waals surface area (Å²) in [4.78, 5) is 19.1. The molecule has 1 N–H and O–H groups in total. The van der Waals surface area contributed by atoms with E-state index in [2.05, 4.69) is 58.5 Å². The first kappa shape index (κ1) is 18.2. The van der Waals surface area contributed by atoms with Crippen molar-refractivity contribution in [3.05, 3.63) is 89.7 Å². The van der Waals surface area contributed by atoms with Crippen molar-refractivity contribution in [3.8, 4) is 0 Å². The molecule has 1 amide bonds. The smallest absolute Gasteiger partial charge is 0.269 e. The van der Waals surface area contributed by atoms with E-state index in [4.69, 9.17) is 0 Å². The maximum atomic E-state index is 12.4. The van der Waals surface area contributed by atoms with Gasteiger partial charge in [0.05, 0.1) is 11.9 Å². The van der Waals surface area contributed by atoms with Crippen LogP contribution in [0, 0.1) is 0 Å². The van der Waals surface area contributed by atoms with Crippen LogP contribution in [0.15, 0.2) is 72.9 Å². The fraction of sp³-hybridized carbons (Fsp3) is 0.250. The highest BCUT2D eigenvalue weighted by molar-refractivity contribution is 5.92. The van der Waals surface area contributed by atoms with Crippen molar-refractivity contribution in [2.75, 3.05) is 11.4 Å². The number of aromatic nitrogens is 1. The molecule has 1 aromatic heterocycles. The van der Waals surface area contributed by atoms with Gasteiger partial charge in [-0.3, -0.25) is 4.79 Å². The Bertz CT molecular complexity index is 938. The van der Waals surface area contributed by atoms with E-state index < -0.39 is 0 Å². The molecule has 0 spiro atoms. The molecule has 28 heavy (non-hydrogen) atoms. The van der Waals surface area contributed by atoms with Crippen LogP contribution >= 0.6 is 0 Å². The number of amides is 1. The number of hydrogen-bond donors (Lipinski definition) is 1. The van der Waals surface area contributed by atoms with Gasteiger partial charge in [0.1, 0.15) is 5.69 Å². The van der Waals surface area contributed by atoms with E-state index in [1.807, 2.05) is 30.3 Å². The quantitative estimate of drug-likeness (QED) is 0.648. The first-order chi connectivity index (χ1) is 13.7. The molecule has 4 heteroatoms. The van der Waals surface area contributed by atoms with Gasteiger partial charge in [0, 0.05) is 18.3 Å². The van der Waals surface area contributed by atoms with Gasteiger partial charge < -0.3 is 10.2 Å². The lowest BCUT2D eigenvalue weighted by molar-refractivity contribution is 0.0948. The van der Waals surface area contributed by atoms with E-state index in [9.17, 15) is 4.79 Å². The zero-order chi connectivity index (χ0) is 19.3. The molecule has 1 aliphatic heterocycles. The summed E-state index contributed by atoms with van der Waals surface area (Å²) in [6.07, 6.45) is 4.70. The Labute approximate surface area is 166 Å². The van der Waals surface area contributed by atoms with Crippen LogP contribution in [0.1, 0.15) is 35.0 Å². The lowest BCUT2D eigenvalue weighted by Crippen LogP contribution is -2.26. The number of anilines is 2. The van der Waals surface area contributed by atoms with Crippen LogP contribution in [-0.2, 0) is 12.8 Å². The molecule has 4 rings (SSSR count). The highest BCUT2D eigenvalue weighted by Crippen LogP contribution is 2.37. The number of carbonyl (C=O) groups excluding carboxylic acids is 1. The molecule has 142 valence electrons. The number of carbonyl (C=O) groups is 1. The Morgan fingerprint density at radius 3 is 2.64 bits per heavy atom. The van der Waals surface area contributed by atoms with Gasteiger partial charge in [-0.25, -0.2) is 4.98 Å². The topological polar surface area (TPSA) is 45.2 Å². The second kappa shape index (κ2) is 8.26. The number of hydrogen-bond acceptors (Lipinski definition) is 3.